The molecule has 0 saturated heterocycles. The predicted molar refractivity (Wildman–Crippen MR) is 72.4 cm³/mol. The maximum atomic E-state index is 11.3. The minimum absolute atomic E-state index is 0.296. The molecule has 5 heteroatoms. The second-order valence-corrected chi connectivity index (χ2v) is 3.83. The monoisotopic (exact) mass is 258 g/mol. The van der Waals surface area contributed by atoms with Crippen LogP contribution in [0.25, 0.3) is 0 Å². The Labute approximate surface area is 110 Å². The third kappa shape index (κ3) is 2.60. The number of anilines is 1. The van der Waals surface area contributed by atoms with Crippen LogP contribution >= 0.6 is 0 Å². The average molecular weight is 258 g/mol. The second-order valence-electron chi connectivity index (χ2n) is 3.83. The van der Waals surface area contributed by atoms with Gasteiger partial charge in [0.2, 0.25) is 0 Å². The SMILES string of the molecule is COc1cccc(Oc2ccccc2C(N)=O)c1N. The lowest BCUT2D eigenvalue weighted by Crippen LogP contribution is -2.12. The lowest BCUT2D eigenvalue weighted by Gasteiger charge is -2.12. The van der Waals surface area contributed by atoms with Gasteiger partial charge < -0.3 is 20.9 Å². The minimum Gasteiger partial charge on any atom is -0.494 e. The van der Waals surface area contributed by atoms with Gasteiger partial charge in [-0.1, -0.05) is 18.2 Å². The number of nitrogen functional groups attached to an aromatic ring is 1. The number of primary amides is 1. The van der Waals surface area contributed by atoms with Gasteiger partial charge in [-0.2, -0.15) is 0 Å². The van der Waals surface area contributed by atoms with E-state index >= 15 is 0 Å². The van der Waals surface area contributed by atoms with Crippen molar-refractivity contribution in [3.05, 3.63) is 48.0 Å². The van der Waals surface area contributed by atoms with E-state index in [9.17, 15) is 4.79 Å². The molecule has 4 N–H and O–H groups in total. The van der Waals surface area contributed by atoms with Crippen LogP contribution in [0.4, 0.5) is 5.69 Å². The summed E-state index contributed by atoms with van der Waals surface area (Å²) in [6.45, 7) is 0. The van der Waals surface area contributed by atoms with E-state index in [0.29, 0.717) is 28.5 Å². The molecule has 2 aromatic carbocycles. The average Bonchev–Trinajstić information content (AvgIpc) is 2.41. The first kappa shape index (κ1) is 12.8. The number of methoxy groups -OCH3 is 1. The number of carbonyl (C=O) groups is 1. The van der Waals surface area contributed by atoms with Crippen LogP contribution in [0.5, 0.6) is 17.2 Å². The van der Waals surface area contributed by atoms with E-state index < -0.39 is 5.91 Å². The van der Waals surface area contributed by atoms with Crippen LogP contribution in [0.2, 0.25) is 0 Å². The summed E-state index contributed by atoms with van der Waals surface area (Å²) >= 11 is 0. The van der Waals surface area contributed by atoms with E-state index in [1.165, 1.54) is 7.11 Å². The molecule has 19 heavy (non-hydrogen) atoms. The molecule has 5 nitrogen and oxygen atoms in total. The predicted octanol–water partition coefficient (Wildman–Crippen LogP) is 2.17. The number of hydrogen-bond acceptors (Lipinski definition) is 4. The molecular formula is C14H14N2O3. The van der Waals surface area contributed by atoms with E-state index in [4.69, 9.17) is 20.9 Å². The molecule has 2 aromatic rings. The smallest absolute Gasteiger partial charge is 0.252 e. The molecule has 0 aliphatic heterocycles. The number of nitrogens with two attached hydrogens (primary N) is 2. The summed E-state index contributed by atoms with van der Waals surface area (Å²) in [5, 5.41) is 0. The Morgan fingerprint density at radius 1 is 1.00 bits per heavy atom. The van der Waals surface area contributed by atoms with Gasteiger partial charge in [-0.3, -0.25) is 4.79 Å². The Hall–Kier alpha value is -2.69. The maximum Gasteiger partial charge on any atom is 0.252 e. The molecule has 0 bridgehead atoms. The third-order valence-corrected chi connectivity index (χ3v) is 2.62. The van der Waals surface area contributed by atoms with Gasteiger partial charge in [0.15, 0.2) is 5.75 Å². The van der Waals surface area contributed by atoms with Crippen molar-refractivity contribution >= 4 is 11.6 Å². The Morgan fingerprint density at radius 3 is 2.32 bits per heavy atom. The first-order chi connectivity index (χ1) is 9.13. The molecule has 0 saturated carbocycles. The van der Waals surface area contributed by atoms with Crippen molar-refractivity contribution < 1.29 is 14.3 Å². The molecule has 0 radical (unpaired) electrons. The highest BCUT2D eigenvalue weighted by Gasteiger charge is 2.12. The van der Waals surface area contributed by atoms with Gasteiger partial charge in [0, 0.05) is 0 Å². The number of para-hydroxylation sites is 2. The van der Waals surface area contributed by atoms with E-state index in [-0.39, 0.29) is 0 Å². The van der Waals surface area contributed by atoms with Gasteiger partial charge >= 0.3 is 0 Å². The van der Waals surface area contributed by atoms with Crippen molar-refractivity contribution in [2.75, 3.05) is 12.8 Å². The fourth-order valence-electron chi connectivity index (χ4n) is 1.67. The van der Waals surface area contributed by atoms with Crippen LogP contribution < -0.4 is 20.9 Å². The number of benzene rings is 2. The molecule has 0 fully saturated rings. The van der Waals surface area contributed by atoms with Crippen LogP contribution in [-0.4, -0.2) is 13.0 Å². The molecule has 2 rings (SSSR count). The van der Waals surface area contributed by atoms with Crippen molar-refractivity contribution in [2.24, 2.45) is 5.73 Å². The molecular weight excluding hydrogens is 244 g/mol. The zero-order valence-corrected chi connectivity index (χ0v) is 10.4. The summed E-state index contributed by atoms with van der Waals surface area (Å²) in [5.41, 5.74) is 11.9. The zero-order valence-electron chi connectivity index (χ0n) is 10.4. The number of rotatable bonds is 4. The quantitative estimate of drug-likeness (QED) is 0.823. The molecule has 98 valence electrons. The Bertz CT molecular complexity index is 611. The number of hydrogen-bond donors (Lipinski definition) is 2. The van der Waals surface area contributed by atoms with Gasteiger partial charge in [0.25, 0.3) is 5.91 Å². The maximum absolute atomic E-state index is 11.3. The molecule has 0 aromatic heterocycles. The standard InChI is InChI=1S/C14H14N2O3/c1-18-11-7-4-8-12(13(11)15)19-10-6-3-2-5-9(10)14(16)17/h2-8H,15H2,1H3,(H2,16,17). The van der Waals surface area contributed by atoms with E-state index in [1.807, 2.05) is 0 Å². The topological polar surface area (TPSA) is 87.6 Å². The van der Waals surface area contributed by atoms with Gasteiger partial charge in [0.05, 0.1) is 12.7 Å². The van der Waals surface area contributed by atoms with Crippen LogP contribution in [0, 0.1) is 0 Å². The minimum atomic E-state index is -0.558. The van der Waals surface area contributed by atoms with E-state index in [2.05, 4.69) is 0 Å². The summed E-state index contributed by atoms with van der Waals surface area (Å²) in [6, 6.07) is 11.9. The van der Waals surface area contributed by atoms with Crippen LogP contribution in [0.1, 0.15) is 10.4 Å². The summed E-state index contributed by atoms with van der Waals surface area (Å²) in [5.74, 6) is 0.717. The highest BCUT2D eigenvalue weighted by Crippen LogP contribution is 2.35. The Balaban J connectivity index is 2.39. The van der Waals surface area contributed by atoms with Gasteiger partial charge in [-0.15, -0.1) is 0 Å². The summed E-state index contributed by atoms with van der Waals surface area (Å²) < 4.78 is 10.7. The van der Waals surface area contributed by atoms with E-state index in [1.54, 1.807) is 42.5 Å². The Morgan fingerprint density at radius 2 is 1.63 bits per heavy atom. The summed E-state index contributed by atoms with van der Waals surface area (Å²) in [7, 11) is 1.52. The first-order valence-electron chi connectivity index (χ1n) is 5.62. The normalized spacial score (nSPS) is 9.95. The summed E-state index contributed by atoms with van der Waals surface area (Å²) in [4.78, 5) is 11.3. The largest absolute Gasteiger partial charge is 0.494 e. The van der Waals surface area contributed by atoms with Crippen molar-refractivity contribution in [3.63, 3.8) is 0 Å². The molecule has 0 atom stereocenters. The molecule has 0 heterocycles. The zero-order chi connectivity index (χ0) is 13.8. The van der Waals surface area contributed by atoms with Crippen molar-refractivity contribution in [1.82, 2.24) is 0 Å². The number of carbonyl (C=O) groups excluding carboxylic acids is 1. The fraction of sp³-hybridized carbons (Fsp3) is 0.0714. The van der Waals surface area contributed by atoms with E-state index in [0.717, 1.165) is 0 Å². The molecule has 1 amide bonds. The highest BCUT2D eigenvalue weighted by atomic mass is 16.5. The molecule has 0 aliphatic carbocycles. The highest BCUT2D eigenvalue weighted by molar-refractivity contribution is 5.95. The molecule has 0 unspecified atom stereocenters. The van der Waals surface area contributed by atoms with Gasteiger partial charge in [-0.25, -0.2) is 0 Å². The van der Waals surface area contributed by atoms with Crippen LogP contribution in [-0.2, 0) is 0 Å². The van der Waals surface area contributed by atoms with Crippen molar-refractivity contribution in [1.29, 1.82) is 0 Å². The number of amides is 1. The second kappa shape index (κ2) is 5.30. The lowest BCUT2D eigenvalue weighted by molar-refractivity contribution is 0.0998. The van der Waals surface area contributed by atoms with Crippen molar-refractivity contribution in [2.45, 2.75) is 0 Å². The molecule has 0 spiro atoms. The van der Waals surface area contributed by atoms with Crippen molar-refractivity contribution in [3.8, 4) is 17.2 Å². The number of ether oxygens (including phenoxy) is 2. The lowest BCUT2D eigenvalue weighted by atomic mass is 10.2. The molecule has 0 aliphatic rings. The fourth-order valence-corrected chi connectivity index (χ4v) is 1.67. The third-order valence-electron chi connectivity index (χ3n) is 2.62. The first-order valence-corrected chi connectivity index (χ1v) is 5.62. The van der Waals surface area contributed by atoms with Gasteiger partial charge in [0.1, 0.15) is 17.2 Å². The van der Waals surface area contributed by atoms with Crippen LogP contribution in [0.3, 0.4) is 0 Å². The van der Waals surface area contributed by atoms with Crippen LogP contribution in [0.15, 0.2) is 42.5 Å². The Kier molecular flexibility index (Phi) is 3.56. The summed E-state index contributed by atoms with van der Waals surface area (Å²) in [6.07, 6.45) is 0. The van der Waals surface area contributed by atoms with Gasteiger partial charge in [-0.05, 0) is 24.3 Å².